The molecule has 0 bridgehead atoms. The normalized spacial score (nSPS) is 14.3. The number of rotatable bonds is 11. The minimum atomic E-state index is -0.0371. The zero-order valence-electron chi connectivity index (χ0n) is 22.3. The largest absolute Gasteiger partial charge is 0.489 e. The highest BCUT2D eigenvalue weighted by Crippen LogP contribution is 2.35. The molecule has 1 aromatic heterocycles. The van der Waals surface area contributed by atoms with Crippen LogP contribution in [-0.4, -0.2) is 31.5 Å². The first-order valence-electron chi connectivity index (χ1n) is 13.4. The van der Waals surface area contributed by atoms with E-state index in [-0.39, 0.29) is 5.91 Å². The quantitative estimate of drug-likeness (QED) is 0.0999. The van der Waals surface area contributed by atoms with Crippen LogP contribution in [0.25, 0.3) is 23.0 Å². The molecule has 1 fully saturated rings. The Balaban J connectivity index is 1.43. The van der Waals surface area contributed by atoms with Crippen LogP contribution in [0.3, 0.4) is 0 Å². The average Bonchev–Trinajstić information content (AvgIpc) is 3.52. The lowest BCUT2D eigenvalue weighted by Gasteiger charge is -2.13. The Kier molecular flexibility index (Phi) is 9.37. The summed E-state index contributed by atoms with van der Waals surface area (Å²) in [6, 6.07) is 25.4. The molecule has 0 aliphatic carbocycles. The summed E-state index contributed by atoms with van der Waals surface area (Å²) in [6.07, 6.45) is 8.23. The molecule has 0 N–H and O–H groups in total. The van der Waals surface area contributed by atoms with Gasteiger partial charge in [0.2, 0.25) is 0 Å². The Morgan fingerprint density at radius 1 is 1.00 bits per heavy atom. The maximum absolute atomic E-state index is 13.3. The number of hydrogen-bond acceptors (Lipinski definition) is 5. The molecule has 0 unspecified atom stereocenters. The second kappa shape index (κ2) is 13.3. The van der Waals surface area contributed by atoms with Gasteiger partial charge in [-0.2, -0.15) is 5.10 Å². The summed E-state index contributed by atoms with van der Waals surface area (Å²) in [6.45, 7) is 3.26. The van der Waals surface area contributed by atoms with E-state index in [2.05, 4.69) is 6.92 Å². The molecular formula is C32H30ClN3O2S2. The Bertz CT molecular complexity index is 1520. The third-order valence-corrected chi connectivity index (χ3v) is 8.21. The van der Waals surface area contributed by atoms with Crippen molar-refractivity contribution in [2.24, 2.45) is 0 Å². The van der Waals surface area contributed by atoms with Gasteiger partial charge in [0.15, 0.2) is 0 Å². The highest BCUT2D eigenvalue weighted by molar-refractivity contribution is 8.26. The molecule has 204 valence electrons. The molecule has 0 radical (unpaired) electrons. The van der Waals surface area contributed by atoms with Crippen LogP contribution in [0, 0.1) is 0 Å². The molecule has 1 amide bonds. The predicted octanol–water partition coefficient (Wildman–Crippen LogP) is 8.55. The fourth-order valence-corrected chi connectivity index (χ4v) is 5.87. The number of carbonyl (C=O) groups excluding carboxylic acids is 1. The van der Waals surface area contributed by atoms with E-state index in [9.17, 15) is 4.79 Å². The number of unbranched alkanes of at least 4 members (excludes halogenated alkanes) is 3. The lowest BCUT2D eigenvalue weighted by atomic mass is 10.1. The van der Waals surface area contributed by atoms with Crippen molar-refractivity contribution in [2.45, 2.75) is 39.2 Å². The van der Waals surface area contributed by atoms with Gasteiger partial charge in [0.25, 0.3) is 5.91 Å². The number of para-hydroxylation sites is 1. The van der Waals surface area contributed by atoms with Crippen molar-refractivity contribution in [3.63, 3.8) is 0 Å². The second-order valence-corrected chi connectivity index (χ2v) is 11.7. The van der Waals surface area contributed by atoms with Gasteiger partial charge in [-0.25, -0.2) is 4.68 Å². The number of nitrogens with zero attached hydrogens (tertiary/aromatic N) is 3. The minimum absolute atomic E-state index is 0.0371. The average molecular weight is 588 g/mol. The Hall–Kier alpha value is -3.39. The molecule has 1 aliphatic heterocycles. The maximum Gasteiger partial charge on any atom is 0.266 e. The number of thioether (sulfide) groups is 1. The van der Waals surface area contributed by atoms with Crippen LogP contribution in [-0.2, 0) is 11.4 Å². The topological polar surface area (TPSA) is 47.4 Å². The summed E-state index contributed by atoms with van der Waals surface area (Å²) >= 11 is 12.9. The van der Waals surface area contributed by atoms with Crippen molar-refractivity contribution in [3.05, 3.63) is 106 Å². The molecule has 8 heteroatoms. The SMILES string of the molecule is CCCCCCN1C(=O)C(=Cc2cn(-c3ccccc3)nc2-c2cccc(OCc3ccc(Cl)cc3)c2)SC1=S. The van der Waals surface area contributed by atoms with Crippen molar-refractivity contribution in [1.82, 2.24) is 14.7 Å². The third-order valence-electron chi connectivity index (χ3n) is 6.58. The van der Waals surface area contributed by atoms with Crippen LogP contribution in [0.1, 0.15) is 43.7 Å². The molecule has 5 nitrogen and oxygen atoms in total. The molecule has 5 rings (SSSR count). The number of aromatic nitrogens is 2. The van der Waals surface area contributed by atoms with Crippen LogP contribution in [0.15, 0.2) is 90.0 Å². The minimum Gasteiger partial charge on any atom is -0.489 e. The second-order valence-electron chi connectivity index (χ2n) is 9.55. The summed E-state index contributed by atoms with van der Waals surface area (Å²) in [4.78, 5) is 15.6. The monoisotopic (exact) mass is 587 g/mol. The van der Waals surface area contributed by atoms with Gasteiger partial charge < -0.3 is 4.74 Å². The smallest absolute Gasteiger partial charge is 0.266 e. The van der Waals surface area contributed by atoms with Crippen molar-refractivity contribution in [2.75, 3.05) is 6.54 Å². The van der Waals surface area contributed by atoms with E-state index in [0.717, 1.165) is 59.5 Å². The molecule has 1 aliphatic rings. The first-order chi connectivity index (χ1) is 19.5. The first kappa shape index (κ1) is 28.1. The molecule has 40 heavy (non-hydrogen) atoms. The number of thiocarbonyl (C=S) groups is 1. The van der Waals surface area contributed by atoms with Gasteiger partial charge in [-0.3, -0.25) is 9.69 Å². The molecule has 0 saturated carbocycles. The van der Waals surface area contributed by atoms with Gasteiger partial charge in [-0.1, -0.05) is 104 Å². The Labute approximate surface area is 249 Å². The molecule has 3 aromatic carbocycles. The van der Waals surface area contributed by atoms with Crippen LogP contribution in [0.2, 0.25) is 5.02 Å². The van der Waals surface area contributed by atoms with E-state index in [0.29, 0.717) is 27.4 Å². The van der Waals surface area contributed by atoms with Gasteiger partial charge >= 0.3 is 0 Å². The number of hydrogen-bond donors (Lipinski definition) is 0. The first-order valence-corrected chi connectivity index (χ1v) is 15.0. The molecule has 1 saturated heterocycles. The number of carbonyl (C=O) groups is 1. The molecule has 2 heterocycles. The number of halogens is 1. The van der Waals surface area contributed by atoms with E-state index < -0.39 is 0 Å². The van der Waals surface area contributed by atoms with E-state index in [4.69, 9.17) is 33.7 Å². The Morgan fingerprint density at radius 2 is 1.80 bits per heavy atom. The maximum atomic E-state index is 13.3. The zero-order chi connectivity index (χ0) is 27.9. The highest BCUT2D eigenvalue weighted by atomic mass is 35.5. The number of benzene rings is 3. The molecular weight excluding hydrogens is 558 g/mol. The lowest BCUT2D eigenvalue weighted by Crippen LogP contribution is -2.29. The van der Waals surface area contributed by atoms with Crippen molar-refractivity contribution in [1.29, 1.82) is 0 Å². The lowest BCUT2D eigenvalue weighted by molar-refractivity contribution is -0.122. The number of ether oxygens (including phenoxy) is 1. The summed E-state index contributed by atoms with van der Waals surface area (Å²) in [5.74, 6) is 0.691. The summed E-state index contributed by atoms with van der Waals surface area (Å²) in [7, 11) is 0. The van der Waals surface area contributed by atoms with E-state index >= 15 is 0 Å². The zero-order valence-corrected chi connectivity index (χ0v) is 24.6. The standard InChI is InChI=1S/C32H30ClN3O2S2/c1-2-3-4-8-18-35-31(37)29(40-32(35)39)20-25-21-36(27-11-6-5-7-12-27)34-30(25)24-10-9-13-28(19-24)38-22-23-14-16-26(33)17-15-23/h5-7,9-17,19-21H,2-4,8,18,22H2,1H3. The molecule has 4 aromatic rings. The van der Waals surface area contributed by atoms with Gasteiger partial charge in [-0.15, -0.1) is 0 Å². The van der Waals surface area contributed by atoms with E-state index in [1.165, 1.54) is 11.8 Å². The molecule has 0 atom stereocenters. The van der Waals surface area contributed by atoms with E-state index in [1.807, 2.05) is 95.8 Å². The number of amides is 1. The van der Waals surface area contributed by atoms with Crippen molar-refractivity contribution in [3.8, 4) is 22.7 Å². The van der Waals surface area contributed by atoms with E-state index in [1.54, 1.807) is 4.90 Å². The van der Waals surface area contributed by atoms with Crippen LogP contribution in [0.4, 0.5) is 0 Å². The summed E-state index contributed by atoms with van der Waals surface area (Å²) < 4.78 is 8.54. The van der Waals surface area contributed by atoms with Gasteiger partial charge in [-0.05, 0) is 54.5 Å². The summed E-state index contributed by atoms with van der Waals surface area (Å²) in [5, 5.41) is 5.62. The van der Waals surface area contributed by atoms with Crippen LogP contribution < -0.4 is 4.74 Å². The highest BCUT2D eigenvalue weighted by Gasteiger charge is 2.32. The third kappa shape index (κ3) is 6.84. The van der Waals surface area contributed by atoms with Gasteiger partial charge in [0.05, 0.1) is 10.6 Å². The van der Waals surface area contributed by atoms with Crippen molar-refractivity contribution < 1.29 is 9.53 Å². The van der Waals surface area contributed by atoms with Gasteiger partial charge in [0.1, 0.15) is 22.4 Å². The fourth-order valence-electron chi connectivity index (χ4n) is 4.44. The fraction of sp³-hybridized carbons (Fsp3) is 0.219. The Morgan fingerprint density at radius 3 is 2.58 bits per heavy atom. The summed E-state index contributed by atoms with van der Waals surface area (Å²) in [5.41, 5.74) is 4.45. The molecule has 0 spiro atoms. The van der Waals surface area contributed by atoms with Crippen LogP contribution >= 0.6 is 35.6 Å². The predicted molar refractivity (Wildman–Crippen MR) is 169 cm³/mol. The van der Waals surface area contributed by atoms with Crippen LogP contribution in [0.5, 0.6) is 5.75 Å². The van der Waals surface area contributed by atoms with Gasteiger partial charge in [0, 0.05) is 28.9 Å². The van der Waals surface area contributed by atoms with Crippen molar-refractivity contribution >= 4 is 51.9 Å².